The Morgan fingerprint density at radius 2 is 1.52 bits per heavy atom. The predicted molar refractivity (Wildman–Crippen MR) is 74.9 cm³/mol. The van der Waals surface area contributed by atoms with Gasteiger partial charge in [0.2, 0.25) is 0 Å². The van der Waals surface area contributed by atoms with Crippen LogP contribution in [0.3, 0.4) is 0 Å². The van der Waals surface area contributed by atoms with Crippen molar-refractivity contribution in [1.29, 1.82) is 0 Å². The van der Waals surface area contributed by atoms with Gasteiger partial charge in [0.25, 0.3) is 11.8 Å². The third kappa shape index (κ3) is 1.62. The number of hydrogen-bond acceptors (Lipinski definition) is 5. The summed E-state index contributed by atoms with van der Waals surface area (Å²) in [7, 11) is 0. The number of hydrogen-bond donors (Lipinski definition) is 0. The van der Waals surface area contributed by atoms with Crippen LogP contribution >= 0.6 is 0 Å². The summed E-state index contributed by atoms with van der Waals surface area (Å²) in [5.74, 6) is -0.699. The molecule has 0 unspecified atom stereocenters. The second kappa shape index (κ2) is 4.17. The second-order valence-electron chi connectivity index (χ2n) is 4.63. The highest BCUT2D eigenvalue weighted by molar-refractivity contribution is 6.35. The molecular formula is C15H8N4O2. The molecule has 2 aromatic carbocycles. The predicted octanol–water partition coefficient (Wildman–Crippen LogP) is 1.83. The number of fused-ring (bicyclic) bond motifs is 2. The lowest BCUT2D eigenvalue weighted by Gasteiger charge is -2.13. The van der Waals surface area contributed by atoms with Crippen LogP contribution in [0.25, 0.3) is 11.0 Å². The molecule has 6 nitrogen and oxygen atoms in total. The highest BCUT2D eigenvalue weighted by Gasteiger charge is 2.37. The Balaban J connectivity index is 1.92. The number of benzene rings is 2. The monoisotopic (exact) mass is 276 g/mol. The van der Waals surface area contributed by atoms with Crippen LogP contribution in [0, 0.1) is 0 Å². The van der Waals surface area contributed by atoms with Crippen LogP contribution in [0.2, 0.25) is 0 Å². The first-order chi connectivity index (χ1) is 10.3. The molecule has 2 amide bonds. The van der Waals surface area contributed by atoms with Gasteiger partial charge in [-0.2, -0.15) is 0 Å². The van der Waals surface area contributed by atoms with Gasteiger partial charge in [0.1, 0.15) is 11.8 Å². The van der Waals surface area contributed by atoms with E-state index in [4.69, 9.17) is 0 Å². The third-order valence-corrected chi connectivity index (χ3v) is 3.41. The van der Waals surface area contributed by atoms with Gasteiger partial charge in [0.15, 0.2) is 0 Å². The number of amides is 2. The summed E-state index contributed by atoms with van der Waals surface area (Å²) in [6, 6.07) is 12.0. The first-order valence-corrected chi connectivity index (χ1v) is 6.31. The zero-order valence-electron chi connectivity index (χ0n) is 10.7. The largest absolute Gasteiger partial charge is 0.268 e. The molecule has 3 aromatic rings. The minimum Gasteiger partial charge on any atom is -0.268 e. The van der Waals surface area contributed by atoms with Crippen molar-refractivity contribution in [1.82, 2.24) is 15.2 Å². The minimum absolute atomic E-state index is 0.332. The zero-order valence-corrected chi connectivity index (χ0v) is 10.7. The Kier molecular flexibility index (Phi) is 2.32. The number of para-hydroxylation sites is 1. The summed E-state index contributed by atoms with van der Waals surface area (Å²) >= 11 is 0. The molecule has 1 aromatic heterocycles. The fraction of sp³-hybridized carbons (Fsp3) is 0. The van der Waals surface area contributed by atoms with Crippen LogP contribution in [-0.4, -0.2) is 27.0 Å². The van der Waals surface area contributed by atoms with Crippen molar-refractivity contribution in [3.63, 3.8) is 0 Å². The highest BCUT2D eigenvalue weighted by atomic mass is 16.2. The van der Waals surface area contributed by atoms with Crippen LogP contribution in [-0.2, 0) is 0 Å². The Bertz CT molecular complexity index is 838. The molecule has 1 aliphatic rings. The van der Waals surface area contributed by atoms with Crippen molar-refractivity contribution < 1.29 is 9.59 Å². The Morgan fingerprint density at radius 1 is 0.857 bits per heavy atom. The number of carbonyl (C=O) groups is 2. The third-order valence-electron chi connectivity index (χ3n) is 3.41. The van der Waals surface area contributed by atoms with Crippen LogP contribution in [0.1, 0.15) is 20.7 Å². The molecule has 0 bridgehead atoms. The molecule has 0 saturated carbocycles. The lowest BCUT2D eigenvalue weighted by atomic mass is 10.1. The van der Waals surface area contributed by atoms with Crippen molar-refractivity contribution >= 4 is 28.5 Å². The first kappa shape index (κ1) is 11.7. The quantitative estimate of drug-likeness (QED) is 0.634. The minimum atomic E-state index is -0.353. The molecule has 2 heterocycles. The van der Waals surface area contributed by atoms with Gasteiger partial charge in [-0.3, -0.25) is 9.59 Å². The molecule has 0 aliphatic carbocycles. The Labute approximate surface area is 119 Å². The summed E-state index contributed by atoms with van der Waals surface area (Å²) in [5.41, 5.74) is 2.26. The second-order valence-corrected chi connectivity index (χ2v) is 4.63. The molecule has 0 N–H and O–H groups in total. The fourth-order valence-corrected chi connectivity index (χ4v) is 2.43. The van der Waals surface area contributed by atoms with Crippen LogP contribution < -0.4 is 4.90 Å². The van der Waals surface area contributed by atoms with E-state index in [-0.39, 0.29) is 11.8 Å². The molecular weight excluding hydrogens is 268 g/mol. The lowest BCUT2D eigenvalue weighted by Crippen LogP contribution is -2.29. The van der Waals surface area contributed by atoms with E-state index < -0.39 is 0 Å². The summed E-state index contributed by atoms with van der Waals surface area (Å²) < 4.78 is 0. The highest BCUT2D eigenvalue weighted by Crippen LogP contribution is 2.30. The smallest absolute Gasteiger partial charge is 0.266 e. The van der Waals surface area contributed by atoms with Gasteiger partial charge >= 0.3 is 0 Å². The van der Waals surface area contributed by atoms with Crippen molar-refractivity contribution in [3.8, 4) is 0 Å². The van der Waals surface area contributed by atoms with E-state index in [9.17, 15) is 9.59 Å². The average molecular weight is 276 g/mol. The lowest BCUT2D eigenvalue weighted by molar-refractivity contribution is 0.0926. The fourth-order valence-electron chi connectivity index (χ4n) is 2.43. The number of carbonyl (C=O) groups excluding carboxylic acids is 2. The van der Waals surface area contributed by atoms with E-state index in [0.717, 1.165) is 4.90 Å². The van der Waals surface area contributed by atoms with E-state index in [2.05, 4.69) is 15.2 Å². The van der Waals surface area contributed by atoms with Crippen molar-refractivity contribution in [2.24, 2.45) is 0 Å². The van der Waals surface area contributed by atoms with Crippen LogP contribution in [0.15, 0.2) is 48.8 Å². The van der Waals surface area contributed by atoms with Gasteiger partial charge in [0.05, 0.1) is 22.3 Å². The molecule has 21 heavy (non-hydrogen) atoms. The molecule has 0 radical (unpaired) electrons. The first-order valence-electron chi connectivity index (χ1n) is 6.31. The van der Waals surface area contributed by atoms with E-state index >= 15 is 0 Å². The van der Waals surface area contributed by atoms with Gasteiger partial charge in [-0.25, -0.2) is 9.88 Å². The molecule has 0 fully saturated rings. The molecule has 1 aliphatic heterocycles. The van der Waals surface area contributed by atoms with Crippen LogP contribution in [0.4, 0.5) is 5.69 Å². The maximum atomic E-state index is 12.5. The Morgan fingerprint density at radius 3 is 2.24 bits per heavy atom. The van der Waals surface area contributed by atoms with Gasteiger partial charge in [-0.1, -0.05) is 18.2 Å². The van der Waals surface area contributed by atoms with Crippen LogP contribution in [0.5, 0.6) is 0 Å². The van der Waals surface area contributed by atoms with E-state index in [1.165, 1.54) is 6.33 Å². The molecule has 100 valence electrons. The number of rotatable bonds is 1. The van der Waals surface area contributed by atoms with Gasteiger partial charge in [-0.05, 0) is 24.3 Å². The van der Waals surface area contributed by atoms with Crippen molar-refractivity contribution in [3.05, 3.63) is 59.9 Å². The molecule has 0 spiro atoms. The van der Waals surface area contributed by atoms with E-state index in [1.807, 2.05) is 6.07 Å². The number of anilines is 1. The number of nitrogens with zero attached hydrogens (tertiary/aromatic N) is 4. The summed E-state index contributed by atoms with van der Waals surface area (Å²) in [4.78, 5) is 30.2. The summed E-state index contributed by atoms with van der Waals surface area (Å²) in [6.07, 6.45) is 1.31. The standard InChI is InChI=1S/C15H8N4O2/c20-14-10-6-12-13(18-17-8-16-12)7-11(10)15(21)19(14)9-4-2-1-3-5-9/h1-8H. The van der Waals surface area contributed by atoms with Gasteiger partial charge < -0.3 is 0 Å². The van der Waals surface area contributed by atoms with Gasteiger partial charge in [-0.15, -0.1) is 10.2 Å². The van der Waals surface area contributed by atoms with E-state index in [1.54, 1.807) is 36.4 Å². The molecule has 6 heteroatoms. The summed E-state index contributed by atoms with van der Waals surface area (Å²) in [6.45, 7) is 0. The number of imide groups is 1. The maximum Gasteiger partial charge on any atom is 0.266 e. The molecule has 4 rings (SSSR count). The molecule has 0 atom stereocenters. The van der Waals surface area contributed by atoms with Gasteiger partial charge in [0, 0.05) is 0 Å². The average Bonchev–Trinajstić information content (AvgIpc) is 2.77. The summed E-state index contributed by atoms with van der Waals surface area (Å²) in [5, 5.41) is 7.61. The molecule has 0 saturated heterocycles. The number of aromatic nitrogens is 3. The van der Waals surface area contributed by atoms with E-state index in [0.29, 0.717) is 27.8 Å². The normalized spacial score (nSPS) is 13.8. The zero-order chi connectivity index (χ0) is 14.4. The Hall–Kier alpha value is -3.15. The maximum absolute atomic E-state index is 12.5. The SMILES string of the molecule is O=C1c2cc3ncnnc3cc2C(=O)N1c1ccccc1. The van der Waals surface area contributed by atoms with Crippen molar-refractivity contribution in [2.45, 2.75) is 0 Å². The van der Waals surface area contributed by atoms with Crippen molar-refractivity contribution in [2.75, 3.05) is 4.90 Å². The topological polar surface area (TPSA) is 76.0 Å².